The number of halogens is 2. The van der Waals surface area contributed by atoms with Gasteiger partial charge in [-0.3, -0.25) is 4.90 Å². The summed E-state index contributed by atoms with van der Waals surface area (Å²) < 4.78 is 0. The highest BCUT2D eigenvalue weighted by atomic mass is 35.5. The monoisotopic (exact) mass is 304 g/mol. The summed E-state index contributed by atoms with van der Waals surface area (Å²) in [7, 11) is 0. The van der Waals surface area contributed by atoms with Crippen molar-refractivity contribution in [2.45, 2.75) is 12.7 Å². The van der Waals surface area contributed by atoms with Crippen LogP contribution in [0.2, 0.25) is 5.02 Å². The first kappa shape index (κ1) is 15.6. The maximum absolute atomic E-state index is 6.11. The van der Waals surface area contributed by atoms with Crippen molar-refractivity contribution < 1.29 is 12.4 Å². The summed E-state index contributed by atoms with van der Waals surface area (Å²) in [6.45, 7) is 4.83. The van der Waals surface area contributed by atoms with Gasteiger partial charge in [0.2, 0.25) is 0 Å². The van der Waals surface area contributed by atoms with E-state index in [1.165, 1.54) is 0 Å². The lowest BCUT2D eigenvalue weighted by molar-refractivity contribution is -0.00000348. The molecule has 0 aromatic heterocycles. The highest BCUT2D eigenvalue weighted by Gasteiger charge is 2.10. The summed E-state index contributed by atoms with van der Waals surface area (Å²) in [5.41, 5.74) is 1.15. The highest BCUT2D eigenvalue weighted by Crippen LogP contribution is 2.21. The van der Waals surface area contributed by atoms with E-state index in [1.54, 1.807) is 11.8 Å². The van der Waals surface area contributed by atoms with Crippen LogP contribution < -0.4 is 17.7 Å². The smallest absolute Gasteiger partial charge is 0.159 e. The first-order valence-electron chi connectivity index (χ1n) is 5.66. The molecule has 0 fully saturated rings. The lowest BCUT2D eigenvalue weighted by atomic mass is 10.2. The van der Waals surface area contributed by atoms with Gasteiger partial charge in [-0.25, -0.2) is 4.99 Å². The summed E-state index contributed by atoms with van der Waals surface area (Å²) in [4.78, 5) is 6.71. The number of thioether (sulfide) groups is 1. The van der Waals surface area contributed by atoms with Gasteiger partial charge in [-0.05, 0) is 18.2 Å². The Morgan fingerprint density at radius 1 is 1.44 bits per heavy atom. The average Bonchev–Trinajstić information content (AvgIpc) is 2.38. The molecule has 2 rings (SSSR count). The maximum atomic E-state index is 6.11. The average molecular weight is 305 g/mol. The molecule has 18 heavy (non-hydrogen) atoms. The summed E-state index contributed by atoms with van der Waals surface area (Å²) >= 11 is 7.81. The summed E-state index contributed by atoms with van der Waals surface area (Å²) in [6.07, 6.45) is 0. The molecule has 100 valence electrons. The van der Waals surface area contributed by atoms with Gasteiger partial charge in [-0.1, -0.05) is 48.5 Å². The molecule has 0 saturated carbocycles. The number of aliphatic imine (C=N–C) groups is 1. The fraction of sp³-hybridized carbons (Fsp3) is 0.417. The third-order valence-corrected chi connectivity index (χ3v) is 4.01. The van der Waals surface area contributed by atoms with Crippen molar-refractivity contribution >= 4 is 28.5 Å². The number of benzene rings is 1. The quantitative estimate of drug-likeness (QED) is 0.836. The number of hydrogen-bond acceptors (Lipinski definition) is 4. The molecular formula is C12H16Cl2N3S-. The molecule has 0 atom stereocenters. The zero-order chi connectivity index (χ0) is 12.1. The van der Waals surface area contributed by atoms with E-state index < -0.39 is 0 Å². The van der Waals surface area contributed by atoms with Crippen molar-refractivity contribution in [2.24, 2.45) is 4.99 Å². The van der Waals surface area contributed by atoms with Crippen molar-refractivity contribution in [1.29, 1.82) is 0 Å². The molecule has 1 aromatic carbocycles. The molecule has 1 heterocycles. The zero-order valence-electron chi connectivity index (χ0n) is 10.2. The van der Waals surface area contributed by atoms with Gasteiger partial charge in [-0.2, -0.15) is 0 Å². The Morgan fingerprint density at radius 3 is 2.83 bits per heavy atom. The first-order valence-corrected chi connectivity index (χ1v) is 7.03. The topological polar surface area (TPSA) is 27.6 Å². The van der Waals surface area contributed by atoms with E-state index in [2.05, 4.69) is 28.2 Å². The van der Waals surface area contributed by atoms with Gasteiger partial charge in [0, 0.05) is 10.8 Å². The molecule has 0 spiro atoms. The van der Waals surface area contributed by atoms with Crippen LogP contribution in [0.1, 0.15) is 12.5 Å². The van der Waals surface area contributed by atoms with Gasteiger partial charge in [0.25, 0.3) is 0 Å². The number of nitrogens with one attached hydrogen (secondary N) is 1. The molecule has 1 N–H and O–H groups in total. The number of nitrogens with zero attached hydrogens (tertiary/aromatic N) is 2. The van der Waals surface area contributed by atoms with E-state index in [4.69, 9.17) is 11.6 Å². The molecule has 1 aliphatic heterocycles. The van der Waals surface area contributed by atoms with Crippen LogP contribution in [0.15, 0.2) is 29.3 Å². The molecule has 0 bridgehead atoms. The molecule has 0 unspecified atom stereocenters. The van der Waals surface area contributed by atoms with Crippen LogP contribution >= 0.6 is 23.4 Å². The fourth-order valence-electron chi connectivity index (χ4n) is 1.52. The Balaban J connectivity index is 0.00000162. The second-order valence-corrected chi connectivity index (χ2v) is 5.18. The van der Waals surface area contributed by atoms with Crippen LogP contribution in [-0.2, 0) is 5.75 Å². The van der Waals surface area contributed by atoms with Crippen molar-refractivity contribution in [2.75, 3.05) is 19.9 Å². The van der Waals surface area contributed by atoms with Crippen LogP contribution in [0.25, 0.3) is 0 Å². The standard InChI is InChI=1S/C12H16ClN3S.ClH/c1-2-16-8-14-12(15-9-16)17-7-10-5-3-4-6-11(10)13;/h3-6H,2,7-9H2,1H3,(H,14,15);1H/p-1. The van der Waals surface area contributed by atoms with Crippen LogP contribution in [0.4, 0.5) is 0 Å². The first-order chi connectivity index (χ1) is 8.29. The minimum atomic E-state index is 0. The Kier molecular flexibility index (Phi) is 6.86. The molecule has 1 aliphatic rings. The van der Waals surface area contributed by atoms with Gasteiger partial charge in [0.15, 0.2) is 5.17 Å². The lowest BCUT2D eigenvalue weighted by Crippen LogP contribution is -3.00. The molecule has 0 amide bonds. The van der Waals surface area contributed by atoms with Crippen LogP contribution in [0.5, 0.6) is 0 Å². The molecule has 3 nitrogen and oxygen atoms in total. The van der Waals surface area contributed by atoms with E-state index in [9.17, 15) is 0 Å². The molecule has 1 aromatic rings. The van der Waals surface area contributed by atoms with E-state index in [1.807, 2.05) is 18.2 Å². The minimum Gasteiger partial charge on any atom is -1.00 e. The molecular weight excluding hydrogens is 289 g/mol. The van der Waals surface area contributed by atoms with Gasteiger partial charge in [0.05, 0.1) is 13.3 Å². The van der Waals surface area contributed by atoms with Crippen molar-refractivity contribution in [1.82, 2.24) is 10.2 Å². The van der Waals surface area contributed by atoms with Gasteiger partial charge >= 0.3 is 0 Å². The normalized spacial score (nSPS) is 15.6. The van der Waals surface area contributed by atoms with Crippen LogP contribution in [0, 0.1) is 0 Å². The number of hydrogen-bond donors (Lipinski definition) is 1. The van der Waals surface area contributed by atoms with Crippen LogP contribution in [-0.4, -0.2) is 29.9 Å². The predicted octanol–water partition coefficient (Wildman–Crippen LogP) is -0.227. The molecule has 6 heteroatoms. The highest BCUT2D eigenvalue weighted by molar-refractivity contribution is 8.13. The van der Waals surface area contributed by atoms with E-state index in [0.717, 1.165) is 41.4 Å². The Hall–Kier alpha value is -0.420. The Labute approximate surface area is 123 Å². The summed E-state index contributed by atoms with van der Waals surface area (Å²) in [5.74, 6) is 0.859. The number of amidine groups is 1. The van der Waals surface area contributed by atoms with E-state index in [-0.39, 0.29) is 12.4 Å². The minimum absolute atomic E-state index is 0. The van der Waals surface area contributed by atoms with Gasteiger partial charge < -0.3 is 17.7 Å². The lowest BCUT2D eigenvalue weighted by Gasteiger charge is -2.25. The molecule has 0 radical (unpaired) electrons. The largest absolute Gasteiger partial charge is 1.00 e. The third-order valence-electron chi connectivity index (χ3n) is 2.64. The van der Waals surface area contributed by atoms with E-state index in [0.29, 0.717) is 0 Å². The van der Waals surface area contributed by atoms with Gasteiger partial charge in [-0.15, -0.1) is 0 Å². The van der Waals surface area contributed by atoms with Gasteiger partial charge in [0.1, 0.15) is 0 Å². The molecule has 0 aliphatic carbocycles. The second kappa shape index (κ2) is 7.89. The van der Waals surface area contributed by atoms with Crippen molar-refractivity contribution in [3.63, 3.8) is 0 Å². The summed E-state index contributed by atoms with van der Waals surface area (Å²) in [5, 5.41) is 5.14. The Bertz CT molecular complexity index is 412. The summed E-state index contributed by atoms with van der Waals surface area (Å²) in [6, 6.07) is 7.94. The van der Waals surface area contributed by atoms with Crippen molar-refractivity contribution in [3.05, 3.63) is 34.9 Å². The maximum Gasteiger partial charge on any atom is 0.159 e. The van der Waals surface area contributed by atoms with Crippen LogP contribution in [0.3, 0.4) is 0 Å². The zero-order valence-corrected chi connectivity index (χ0v) is 12.5. The SMILES string of the molecule is CCN1CN=C(SCc2ccccc2Cl)NC1.[Cl-]. The van der Waals surface area contributed by atoms with E-state index >= 15 is 0 Å². The Morgan fingerprint density at radius 2 is 2.22 bits per heavy atom. The predicted molar refractivity (Wildman–Crippen MR) is 75.4 cm³/mol. The second-order valence-electron chi connectivity index (χ2n) is 3.81. The third kappa shape index (κ3) is 4.35. The molecule has 0 saturated heterocycles. The van der Waals surface area contributed by atoms with Crippen molar-refractivity contribution in [3.8, 4) is 0 Å². The number of rotatable bonds is 3. The fourth-order valence-corrected chi connectivity index (χ4v) is 2.66.